The molecule has 2 N–H and O–H groups in total. The molecule has 4 rings (SSSR count). The van der Waals surface area contributed by atoms with Gasteiger partial charge in [0.2, 0.25) is 0 Å². The van der Waals surface area contributed by atoms with Gasteiger partial charge < -0.3 is 19.5 Å². The minimum absolute atomic E-state index is 0.0956. The fraction of sp³-hybridized carbons (Fsp3) is 0.174. The third-order valence-corrected chi connectivity index (χ3v) is 5.69. The van der Waals surface area contributed by atoms with Crippen molar-refractivity contribution in [2.45, 2.75) is 0 Å². The van der Waals surface area contributed by atoms with Crippen LogP contribution in [0, 0.1) is 5.82 Å². The average Bonchev–Trinajstić information content (AvgIpc) is 3.34. The number of carbonyl (C=O) groups excluding carboxylic acids is 2. The summed E-state index contributed by atoms with van der Waals surface area (Å²) in [5, 5.41) is 6.08. The number of furan rings is 1. The van der Waals surface area contributed by atoms with Gasteiger partial charge in [0.05, 0.1) is 17.0 Å². The lowest BCUT2D eigenvalue weighted by Gasteiger charge is -2.36. The molecule has 2 aromatic carbocycles. The number of thiocarbonyl (C=S) groups is 1. The highest BCUT2D eigenvalue weighted by atomic mass is 35.5. The SMILES string of the molecule is O=C(NC(=S)Nc1ccc(N2CCN(C(=O)c3ccco3)CC2)c(Cl)c1)c1ccc(F)cc1. The number of rotatable bonds is 4. The van der Waals surface area contributed by atoms with Crippen molar-refractivity contribution in [3.8, 4) is 0 Å². The van der Waals surface area contributed by atoms with Crippen LogP contribution in [0.25, 0.3) is 0 Å². The average molecular weight is 487 g/mol. The number of benzene rings is 2. The molecule has 0 bridgehead atoms. The van der Waals surface area contributed by atoms with E-state index in [0.29, 0.717) is 48.2 Å². The fourth-order valence-electron chi connectivity index (χ4n) is 3.49. The largest absolute Gasteiger partial charge is 0.459 e. The number of piperazine rings is 1. The van der Waals surface area contributed by atoms with E-state index in [1.807, 2.05) is 6.07 Å². The van der Waals surface area contributed by atoms with Crippen LogP contribution >= 0.6 is 23.8 Å². The van der Waals surface area contributed by atoms with Gasteiger partial charge in [-0.05, 0) is 66.8 Å². The molecule has 170 valence electrons. The second-order valence-electron chi connectivity index (χ2n) is 7.34. The molecule has 0 radical (unpaired) electrons. The number of nitrogens with zero attached hydrogens (tertiary/aromatic N) is 2. The summed E-state index contributed by atoms with van der Waals surface area (Å²) in [5.74, 6) is -0.661. The van der Waals surface area contributed by atoms with Crippen molar-refractivity contribution < 1.29 is 18.4 Å². The van der Waals surface area contributed by atoms with Crippen LogP contribution in [-0.2, 0) is 0 Å². The first-order valence-electron chi connectivity index (χ1n) is 10.2. The van der Waals surface area contributed by atoms with Crippen LogP contribution in [-0.4, -0.2) is 48.0 Å². The van der Waals surface area contributed by atoms with E-state index in [-0.39, 0.29) is 11.0 Å². The van der Waals surface area contributed by atoms with E-state index < -0.39 is 11.7 Å². The molecule has 1 aromatic heterocycles. The normalized spacial score (nSPS) is 13.5. The Balaban J connectivity index is 1.32. The maximum atomic E-state index is 13.0. The van der Waals surface area contributed by atoms with Gasteiger partial charge in [-0.1, -0.05) is 11.6 Å². The maximum absolute atomic E-state index is 13.0. The Kier molecular flexibility index (Phi) is 6.90. The lowest BCUT2D eigenvalue weighted by atomic mass is 10.2. The molecule has 0 aliphatic carbocycles. The third-order valence-electron chi connectivity index (χ3n) is 5.18. The Hall–Kier alpha value is -3.43. The molecule has 2 heterocycles. The highest BCUT2D eigenvalue weighted by Gasteiger charge is 2.24. The molecular formula is C23H20ClFN4O3S. The minimum atomic E-state index is -0.447. The van der Waals surface area contributed by atoms with Gasteiger partial charge in [0.25, 0.3) is 11.8 Å². The molecule has 0 unspecified atom stereocenters. The van der Waals surface area contributed by atoms with Crippen LogP contribution in [0.1, 0.15) is 20.9 Å². The summed E-state index contributed by atoms with van der Waals surface area (Å²) in [6.45, 7) is 2.36. The molecule has 0 saturated carbocycles. The molecule has 0 atom stereocenters. The quantitative estimate of drug-likeness (QED) is 0.539. The van der Waals surface area contributed by atoms with Gasteiger partial charge in [0.15, 0.2) is 10.9 Å². The second-order valence-corrected chi connectivity index (χ2v) is 8.15. The Bertz CT molecular complexity index is 1160. The zero-order valence-electron chi connectivity index (χ0n) is 17.4. The summed E-state index contributed by atoms with van der Waals surface area (Å²) in [4.78, 5) is 28.5. The molecule has 1 aliphatic heterocycles. The van der Waals surface area contributed by atoms with Crippen molar-refractivity contribution in [2.24, 2.45) is 0 Å². The van der Waals surface area contributed by atoms with Crippen LogP contribution < -0.4 is 15.5 Å². The Labute approximate surface area is 200 Å². The van der Waals surface area contributed by atoms with Gasteiger partial charge in [-0.2, -0.15) is 0 Å². The topological polar surface area (TPSA) is 77.8 Å². The van der Waals surface area contributed by atoms with Crippen LogP contribution in [0.5, 0.6) is 0 Å². The molecular weight excluding hydrogens is 467 g/mol. The minimum Gasteiger partial charge on any atom is -0.459 e. The molecule has 3 aromatic rings. The summed E-state index contributed by atoms with van der Waals surface area (Å²) in [6.07, 6.45) is 1.48. The van der Waals surface area contributed by atoms with E-state index >= 15 is 0 Å². The molecule has 1 fully saturated rings. The number of nitrogens with one attached hydrogen (secondary N) is 2. The van der Waals surface area contributed by atoms with Gasteiger partial charge in [-0.15, -0.1) is 0 Å². The number of anilines is 2. The fourth-order valence-corrected chi connectivity index (χ4v) is 4.00. The molecule has 1 saturated heterocycles. The molecule has 2 amide bonds. The first-order valence-corrected chi connectivity index (χ1v) is 10.9. The van der Waals surface area contributed by atoms with E-state index in [0.717, 1.165) is 5.69 Å². The van der Waals surface area contributed by atoms with Gasteiger partial charge >= 0.3 is 0 Å². The molecule has 1 aliphatic rings. The van der Waals surface area contributed by atoms with Crippen molar-refractivity contribution in [3.05, 3.63) is 83.0 Å². The van der Waals surface area contributed by atoms with E-state index in [9.17, 15) is 14.0 Å². The van der Waals surface area contributed by atoms with Crippen molar-refractivity contribution in [1.29, 1.82) is 0 Å². The number of halogens is 2. The predicted octanol–water partition coefficient (Wildman–Crippen LogP) is 4.16. The molecule has 7 nitrogen and oxygen atoms in total. The summed E-state index contributed by atoms with van der Waals surface area (Å²) in [6, 6.07) is 13.9. The van der Waals surface area contributed by atoms with Crippen LogP contribution in [0.3, 0.4) is 0 Å². The van der Waals surface area contributed by atoms with Gasteiger partial charge in [0.1, 0.15) is 5.82 Å². The summed E-state index contributed by atoms with van der Waals surface area (Å²) in [5.41, 5.74) is 1.74. The van der Waals surface area contributed by atoms with Gasteiger partial charge in [0, 0.05) is 37.4 Å². The zero-order valence-corrected chi connectivity index (χ0v) is 19.0. The second kappa shape index (κ2) is 10.0. The Morgan fingerprint density at radius 3 is 2.39 bits per heavy atom. The van der Waals surface area contributed by atoms with Crippen LogP contribution in [0.2, 0.25) is 5.02 Å². The number of amides is 2. The van der Waals surface area contributed by atoms with Crippen molar-refractivity contribution in [2.75, 3.05) is 36.4 Å². The molecule has 10 heteroatoms. The van der Waals surface area contributed by atoms with E-state index in [1.165, 1.54) is 30.5 Å². The maximum Gasteiger partial charge on any atom is 0.289 e. The molecule has 33 heavy (non-hydrogen) atoms. The van der Waals surface area contributed by atoms with E-state index in [2.05, 4.69) is 15.5 Å². The predicted molar refractivity (Wildman–Crippen MR) is 128 cm³/mol. The van der Waals surface area contributed by atoms with Crippen molar-refractivity contribution in [1.82, 2.24) is 10.2 Å². The third kappa shape index (κ3) is 5.50. The number of hydrogen-bond donors (Lipinski definition) is 2. The van der Waals surface area contributed by atoms with Crippen molar-refractivity contribution >= 4 is 52.1 Å². The monoisotopic (exact) mass is 486 g/mol. The van der Waals surface area contributed by atoms with Crippen LogP contribution in [0.4, 0.5) is 15.8 Å². The smallest absolute Gasteiger partial charge is 0.289 e. The number of carbonyl (C=O) groups is 2. The summed E-state index contributed by atoms with van der Waals surface area (Å²) >= 11 is 11.7. The molecule has 0 spiro atoms. The Morgan fingerprint density at radius 2 is 1.76 bits per heavy atom. The lowest BCUT2D eigenvalue weighted by molar-refractivity contribution is 0.0714. The first kappa shape index (κ1) is 22.8. The van der Waals surface area contributed by atoms with Gasteiger partial charge in [-0.3, -0.25) is 14.9 Å². The van der Waals surface area contributed by atoms with Gasteiger partial charge in [-0.25, -0.2) is 4.39 Å². The van der Waals surface area contributed by atoms with E-state index in [1.54, 1.807) is 29.2 Å². The highest BCUT2D eigenvalue weighted by molar-refractivity contribution is 7.80. The standard InChI is InChI=1S/C23H20ClFN4O3S/c24-18-14-17(26-23(33)27-21(30)15-3-5-16(25)6-4-15)7-8-19(18)28-9-11-29(12-10-28)22(31)20-2-1-13-32-20/h1-8,13-14H,9-12H2,(H2,26,27,30,33). The van der Waals surface area contributed by atoms with E-state index in [4.69, 9.17) is 28.2 Å². The lowest BCUT2D eigenvalue weighted by Crippen LogP contribution is -2.48. The Morgan fingerprint density at radius 1 is 1.03 bits per heavy atom. The first-order chi connectivity index (χ1) is 15.9. The summed E-state index contributed by atoms with van der Waals surface area (Å²) < 4.78 is 18.2. The summed E-state index contributed by atoms with van der Waals surface area (Å²) in [7, 11) is 0. The zero-order chi connectivity index (χ0) is 23.4. The van der Waals surface area contributed by atoms with Crippen molar-refractivity contribution in [3.63, 3.8) is 0 Å². The highest BCUT2D eigenvalue weighted by Crippen LogP contribution is 2.30. The van der Waals surface area contributed by atoms with Crippen LogP contribution in [0.15, 0.2) is 65.3 Å². The number of hydrogen-bond acceptors (Lipinski definition) is 5.